The number of aliphatic hydroxyl groups excluding tert-OH is 1. The Hall–Kier alpha value is -2.12. The molecule has 2 atom stereocenters. The first-order chi connectivity index (χ1) is 11.1. The van der Waals surface area contributed by atoms with E-state index in [-0.39, 0.29) is 12.1 Å². The minimum absolute atomic E-state index is 0.0815. The van der Waals surface area contributed by atoms with Crippen molar-refractivity contribution >= 4 is 33.1 Å². The third-order valence-electron chi connectivity index (χ3n) is 4.46. The maximum absolute atomic E-state index is 10.1. The molecule has 23 heavy (non-hydrogen) atoms. The lowest BCUT2D eigenvalue weighted by atomic mass is 10.1. The van der Waals surface area contributed by atoms with Crippen molar-refractivity contribution in [3.8, 4) is 10.6 Å². The van der Waals surface area contributed by atoms with Crippen LogP contribution in [-0.2, 0) is 0 Å². The van der Waals surface area contributed by atoms with E-state index in [1.54, 1.807) is 17.5 Å². The molecule has 1 aliphatic carbocycles. The Morgan fingerprint density at radius 2 is 2.30 bits per heavy atom. The summed E-state index contributed by atoms with van der Waals surface area (Å²) in [5.41, 5.74) is 9.95. The van der Waals surface area contributed by atoms with Crippen LogP contribution in [0.1, 0.15) is 24.8 Å². The predicted molar refractivity (Wildman–Crippen MR) is 93.6 cm³/mol. The number of nitrogens with one attached hydrogen (secondary N) is 2. The van der Waals surface area contributed by atoms with E-state index in [0.29, 0.717) is 5.82 Å². The van der Waals surface area contributed by atoms with Crippen LogP contribution in [0.3, 0.4) is 0 Å². The monoisotopic (exact) mass is 329 g/mol. The number of pyridine rings is 1. The van der Waals surface area contributed by atoms with E-state index in [2.05, 4.69) is 27.4 Å². The van der Waals surface area contributed by atoms with Gasteiger partial charge >= 0.3 is 0 Å². The van der Waals surface area contributed by atoms with Crippen LogP contribution in [0.5, 0.6) is 0 Å². The second kappa shape index (κ2) is 5.50. The van der Waals surface area contributed by atoms with Crippen molar-refractivity contribution in [3.63, 3.8) is 0 Å². The molecule has 4 rings (SSSR count). The summed E-state index contributed by atoms with van der Waals surface area (Å²) in [6.07, 6.45) is 4.32. The van der Waals surface area contributed by atoms with Crippen LogP contribution in [0.2, 0.25) is 0 Å². The molecule has 120 valence electrons. The molecule has 0 radical (unpaired) electrons. The molecular formula is C16H19N5OS. The molecule has 0 aromatic carbocycles. The lowest BCUT2D eigenvalue weighted by Crippen LogP contribution is -2.27. The van der Waals surface area contributed by atoms with E-state index >= 15 is 0 Å². The number of nitrogens with two attached hydrogens (primary N) is 1. The number of nitrogen functional groups attached to an aromatic ring is 1. The summed E-state index contributed by atoms with van der Waals surface area (Å²) >= 11 is 1.67. The average Bonchev–Trinajstić information content (AvgIpc) is 3.23. The van der Waals surface area contributed by atoms with E-state index in [0.717, 1.165) is 51.3 Å². The first-order valence-electron chi connectivity index (χ1n) is 7.77. The largest absolute Gasteiger partial charge is 0.391 e. The number of anilines is 2. The van der Waals surface area contributed by atoms with Gasteiger partial charge in [-0.15, -0.1) is 11.3 Å². The zero-order chi connectivity index (χ0) is 16.0. The van der Waals surface area contributed by atoms with E-state index in [4.69, 9.17) is 5.73 Å². The van der Waals surface area contributed by atoms with E-state index < -0.39 is 0 Å². The first kappa shape index (κ1) is 14.5. The fourth-order valence-electron chi connectivity index (χ4n) is 3.25. The number of aryl methyl sites for hydroxylation is 1. The van der Waals surface area contributed by atoms with Gasteiger partial charge in [-0.3, -0.25) is 5.10 Å². The van der Waals surface area contributed by atoms with Gasteiger partial charge in [-0.1, -0.05) is 0 Å². The summed E-state index contributed by atoms with van der Waals surface area (Å²) < 4.78 is 1.07. The van der Waals surface area contributed by atoms with Gasteiger partial charge in [0.15, 0.2) is 0 Å². The highest BCUT2D eigenvalue weighted by Crippen LogP contribution is 2.41. The average molecular weight is 329 g/mol. The maximum Gasteiger partial charge on any atom is 0.126 e. The molecule has 3 heterocycles. The Labute approximate surface area is 137 Å². The third-order valence-corrected chi connectivity index (χ3v) is 5.81. The number of nitrogens with zero attached hydrogens (tertiary/aromatic N) is 2. The number of aliphatic hydroxyl groups is 1. The van der Waals surface area contributed by atoms with Crippen molar-refractivity contribution in [2.24, 2.45) is 0 Å². The second-order valence-electron chi connectivity index (χ2n) is 6.05. The van der Waals surface area contributed by atoms with Crippen molar-refractivity contribution in [1.82, 2.24) is 15.2 Å². The highest BCUT2D eigenvalue weighted by Gasteiger charge is 2.26. The number of hydrogen-bond donors (Lipinski definition) is 4. The van der Waals surface area contributed by atoms with E-state index in [9.17, 15) is 5.11 Å². The number of H-pyrrole nitrogens is 1. The molecule has 3 aromatic heterocycles. The van der Waals surface area contributed by atoms with Crippen molar-refractivity contribution in [3.05, 3.63) is 23.9 Å². The predicted octanol–water partition coefficient (Wildman–Crippen LogP) is 2.90. The van der Waals surface area contributed by atoms with Gasteiger partial charge in [0, 0.05) is 12.3 Å². The molecule has 1 aliphatic rings. The quantitative estimate of drug-likeness (QED) is 0.592. The molecule has 0 unspecified atom stereocenters. The zero-order valence-corrected chi connectivity index (χ0v) is 13.7. The van der Waals surface area contributed by atoms with Crippen LogP contribution in [0.4, 0.5) is 11.5 Å². The number of thiophene rings is 1. The van der Waals surface area contributed by atoms with Crippen LogP contribution in [0, 0.1) is 6.92 Å². The summed E-state index contributed by atoms with van der Waals surface area (Å²) in [6, 6.07) is 3.90. The van der Waals surface area contributed by atoms with Gasteiger partial charge in [-0.2, -0.15) is 5.10 Å². The van der Waals surface area contributed by atoms with Crippen molar-refractivity contribution in [1.29, 1.82) is 0 Å². The van der Waals surface area contributed by atoms with Gasteiger partial charge < -0.3 is 16.2 Å². The molecule has 1 fully saturated rings. The topological polar surface area (TPSA) is 99.8 Å². The highest BCUT2D eigenvalue weighted by atomic mass is 32.1. The first-order valence-corrected chi connectivity index (χ1v) is 8.59. The summed E-state index contributed by atoms with van der Waals surface area (Å²) in [7, 11) is 0. The molecule has 0 bridgehead atoms. The van der Waals surface area contributed by atoms with Gasteiger partial charge in [0.25, 0.3) is 0 Å². The van der Waals surface area contributed by atoms with Gasteiger partial charge in [0.1, 0.15) is 5.82 Å². The van der Waals surface area contributed by atoms with Crippen LogP contribution in [0.25, 0.3) is 20.8 Å². The van der Waals surface area contributed by atoms with Crippen LogP contribution in [-0.4, -0.2) is 32.4 Å². The van der Waals surface area contributed by atoms with Gasteiger partial charge in [0.05, 0.1) is 38.6 Å². The third kappa shape index (κ3) is 2.46. The van der Waals surface area contributed by atoms with E-state index in [1.165, 1.54) is 0 Å². The minimum atomic E-state index is -0.299. The van der Waals surface area contributed by atoms with Crippen LogP contribution < -0.4 is 11.1 Å². The number of aromatic nitrogens is 3. The fourth-order valence-corrected chi connectivity index (χ4v) is 4.45. The fraction of sp³-hybridized carbons (Fsp3) is 0.375. The van der Waals surface area contributed by atoms with Crippen LogP contribution in [0.15, 0.2) is 18.3 Å². The molecule has 3 aromatic rings. The summed E-state index contributed by atoms with van der Waals surface area (Å²) in [6.45, 7) is 2.05. The number of fused-ring (bicyclic) bond motifs is 1. The number of rotatable bonds is 3. The molecule has 5 N–H and O–H groups in total. The lowest BCUT2D eigenvalue weighted by Gasteiger charge is -2.18. The Kier molecular flexibility index (Phi) is 3.46. The Bertz CT molecular complexity index is 842. The summed E-state index contributed by atoms with van der Waals surface area (Å²) in [4.78, 5) is 5.63. The van der Waals surface area contributed by atoms with Crippen molar-refractivity contribution in [2.45, 2.75) is 38.3 Å². The zero-order valence-electron chi connectivity index (χ0n) is 12.8. The number of hydrogen-bond acceptors (Lipinski definition) is 6. The molecule has 0 amide bonds. The molecule has 0 saturated heterocycles. The smallest absolute Gasteiger partial charge is 0.126 e. The Morgan fingerprint density at radius 1 is 1.43 bits per heavy atom. The van der Waals surface area contributed by atoms with Crippen LogP contribution >= 0.6 is 11.3 Å². The Balaban J connectivity index is 1.82. The van der Waals surface area contributed by atoms with E-state index in [1.807, 2.05) is 12.1 Å². The van der Waals surface area contributed by atoms with Crippen molar-refractivity contribution < 1.29 is 5.11 Å². The molecule has 0 aliphatic heterocycles. The summed E-state index contributed by atoms with van der Waals surface area (Å²) in [5.74, 6) is 0.490. The SMILES string of the molecule is Cc1c(-c2ccn[nH]2)sc2c(N[C@@H]3CCC[C@@H]3O)cc(N)nc12. The van der Waals surface area contributed by atoms with Gasteiger partial charge in [0.2, 0.25) is 0 Å². The van der Waals surface area contributed by atoms with Crippen molar-refractivity contribution in [2.75, 3.05) is 11.1 Å². The Morgan fingerprint density at radius 3 is 3.00 bits per heavy atom. The maximum atomic E-state index is 10.1. The second-order valence-corrected chi connectivity index (χ2v) is 7.07. The standard InChI is InChI=1S/C16H19N5OS/c1-8-14-16(23-15(8)10-5-6-18-21-10)11(7-13(17)20-14)19-9-3-2-4-12(9)22/h5-7,9,12,22H,2-4H2,1H3,(H,18,21)(H3,17,19,20)/t9-,12+/m1/s1. The molecule has 1 saturated carbocycles. The molecular weight excluding hydrogens is 310 g/mol. The normalized spacial score (nSPS) is 21.1. The van der Waals surface area contributed by atoms with Gasteiger partial charge in [-0.05, 0) is 37.8 Å². The highest BCUT2D eigenvalue weighted by molar-refractivity contribution is 7.23. The summed E-state index contributed by atoms with van der Waals surface area (Å²) in [5, 5.41) is 20.6. The number of aromatic amines is 1. The lowest BCUT2D eigenvalue weighted by molar-refractivity contribution is 0.172. The minimum Gasteiger partial charge on any atom is -0.391 e. The molecule has 0 spiro atoms. The molecule has 7 heteroatoms. The molecule has 6 nitrogen and oxygen atoms in total. The van der Waals surface area contributed by atoms with Gasteiger partial charge in [-0.25, -0.2) is 4.98 Å².